The summed E-state index contributed by atoms with van der Waals surface area (Å²) in [6.07, 6.45) is 4.74. The van der Waals surface area contributed by atoms with Gasteiger partial charge >= 0.3 is 5.63 Å². The Morgan fingerprint density at radius 3 is 2.43 bits per heavy atom. The fraction of sp³-hybridized carbons (Fsp3) is 0.333. The number of aryl methyl sites for hydroxylation is 1. The number of benzene rings is 2. The lowest BCUT2D eigenvalue weighted by Gasteiger charge is -2.21. The van der Waals surface area contributed by atoms with E-state index in [0.717, 1.165) is 32.1 Å². The van der Waals surface area contributed by atoms with Crippen molar-refractivity contribution in [1.82, 2.24) is 0 Å². The molecule has 1 atom stereocenters. The van der Waals surface area contributed by atoms with Gasteiger partial charge in [0, 0.05) is 24.4 Å². The average Bonchev–Trinajstić information content (AvgIpc) is 3.65. The van der Waals surface area contributed by atoms with E-state index in [-0.39, 0.29) is 39.2 Å². The number of hydrogen-bond acceptors (Lipinski definition) is 6. The second-order valence-electron chi connectivity index (χ2n) is 9.29. The summed E-state index contributed by atoms with van der Waals surface area (Å²) >= 11 is 0. The Morgan fingerprint density at radius 1 is 0.943 bits per heavy atom. The molecule has 0 saturated heterocycles. The number of carbonyl (C=O) groups excluding carboxylic acids is 1. The van der Waals surface area contributed by atoms with Gasteiger partial charge in [-0.15, -0.1) is 0 Å². The molecule has 2 aliphatic carbocycles. The first kappa shape index (κ1) is 23.4. The molecule has 35 heavy (non-hydrogen) atoms. The van der Waals surface area contributed by atoms with E-state index in [9.17, 15) is 23.1 Å². The number of aromatic hydroxyl groups is 1. The number of Topliss-reactive ketones (excluding diaryl/α,β-unsaturated/α-hetero) is 1. The average molecular weight is 494 g/mol. The quantitative estimate of drug-likeness (QED) is 0.500. The first-order chi connectivity index (χ1) is 16.8. The molecule has 0 aliphatic heterocycles. The van der Waals surface area contributed by atoms with Gasteiger partial charge in [-0.1, -0.05) is 36.8 Å². The highest BCUT2D eigenvalue weighted by atomic mass is 32.2. The van der Waals surface area contributed by atoms with E-state index in [0.29, 0.717) is 24.1 Å². The summed E-state index contributed by atoms with van der Waals surface area (Å²) in [7, 11) is -3.88. The summed E-state index contributed by atoms with van der Waals surface area (Å²) in [5.74, 6) is -0.804. The lowest BCUT2D eigenvalue weighted by molar-refractivity contribution is 0.0968. The van der Waals surface area contributed by atoms with E-state index in [1.54, 1.807) is 42.5 Å². The first-order valence-corrected chi connectivity index (χ1v) is 13.4. The molecule has 3 aromatic rings. The zero-order valence-electron chi connectivity index (χ0n) is 19.2. The Labute approximate surface area is 203 Å². The van der Waals surface area contributed by atoms with Crippen molar-refractivity contribution in [3.8, 4) is 5.75 Å². The van der Waals surface area contributed by atoms with Gasteiger partial charge in [0.15, 0.2) is 5.78 Å². The molecule has 2 N–H and O–H groups in total. The maximum atomic E-state index is 13.1. The largest absolute Gasteiger partial charge is 0.506 e. The number of hydrogen-bond donors (Lipinski definition) is 2. The van der Waals surface area contributed by atoms with Crippen LogP contribution < -0.4 is 10.3 Å². The molecule has 2 aromatic carbocycles. The van der Waals surface area contributed by atoms with Gasteiger partial charge in [0.25, 0.3) is 10.0 Å². The van der Waals surface area contributed by atoms with Crippen molar-refractivity contribution >= 4 is 21.5 Å². The molecule has 182 valence electrons. The Morgan fingerprint density at radius 2 is 1.69 bits per heavy atom. The third kappa shape index (κ3) is 4.75. The molecule has 1 saturated carbocycles. The molecule has 8 heteroatoms. The van der Waals surface area contributed by atoms with Crippen LogP contribution in [0.4, 0.5) is 5.69 Å². The lowest BCUT2D eigenvalue weighted by Crippen LogP contribution is -2.21. The van der Waals surface area contributed by atoms with Gasteiger partial charge in [-0.25, -0.2) is 13.2 Å². The van der Waals surface area contributed by atoms with Gasteiger partial charge in [0.2, 0.25) is 0 Å². The van der Waals surface area contributed by atoms with Crippen molar-refractivity contribution in [3.05, 3.63) is 87.5 Å². The molecule has 0 amide bonds. The van der Waals surface area contributed by atoms with Crippen LogP contribution in [0.2, 0.25) is 0 Å². The monoisotopic (exact) mass is 493 g/mol. The summed E-state index contributed by atoms with van der Waals surface area (Å²) in [6, 6.07) is 15.0. The van der Waals surface area contributed by atoms with Crippen LogP contribution in [0.5, 0.6) is 5.75 Å². The lowest BCUT2D eigenvalue weighted by atomic mass is 9.85. The Hall–Kier alpha value is -3.39. The summed E-state index contributed by atoms with van der Waals surface area (Å²) in [6.45, 7) is 0. The van der Waals surface area contributed by atoms with Crippen LogP contribution in [0, 0.1) is 5.92 Å². The highest BCUT2D eigenvalue weighted by Crippen LogP contribution is 2.49. The van der Waals surface area contributed by atoms with Crippen LogP contribution in [0.25, 0.3) is 0 Å². The first-order valence-electron chi connectivity index (χ1n) is 11.9. The maximum Gasteiger partial charge on any atom is 0.343 e. The van der Waals surface area contributed by atoms with Crippen LogP contribution >= 0.6 is 0 Å². The molecular weight excluding hydrogens is 466 g/mol. The number of fused-ring (bicyclic) bond motifs is 1. The van der Waals surface area contributed by atoms with E-state index < -0.39 is 21.6 Å². The van der Waals surface area contributed by atoms with E-state index in [1.807, 2.05) is 0 Å². The van der Waals surface area contributed by atoms with Crippen molar-refractivity contribution in [2.45, 2.75) is 55.8 Å². The number of ketones is 1. The summed E-state index contributed by atoms with van der Waals surface area (Å²) in [5, 5.41) is 11.2. The fourth-order valence-electron chi connectivity index (χ4n) is 4.89. The van der Waals surface area contributed by atoms with Crippen molar-refractivity contribution in [2.75, 3.05) is 4.72 Å². The Bertz CT molecular complexity index is 1420. The molecule has 2 aliphatic rings. The molecule has 1 unspecified atom stereocenters. The molecule has 0 spiro atoms. The van der Waals surface area contributed by atoms with Crippen molar-refractivity contribution in [3.63, 3.8) is 0 Å². The highest BCUT2D eigenvalue weighted by Gasteiger charge is 2.39. The number of carbonyl (C=O) groups is 1. The van der Waals surface area contributed by atoms with Crippen molar-refractivity contribution in [2.24, 2.45) is 5.92 Å². The van der Waals surface area contributed by atoms with Gasteiger partial charge in [-0.3, -0.25) is 9.52 Å². The van der Waals surface area contributed by atoms with Crippen LogP contribution in [0.15, 0.2) is 68.7 Å². The van der Waals surface area contributed by atoms with Crippen molar-refractivity contribution in [1.29, 1.82) is 0 Å². The second-order valence-corrected chi connectivity index (χ2v) is 11.0. The third-order valence-electron chi connectivity index (χ3n) is 6.75. The fourth-order valence-corrected chi connectivity index (χ4v) is 6.00. The summed E-state index contributed by atoms with van der Waals surface area (Å²) in [5.41, 5.74) is 0.520. The van der Waals surface area contributed by atoms with Gasteiger partial charge in [-0.05, 0) is 61.4 Å². The highest BCUT2D eigenvalue weighted by molar-refractivity contribution is 7.92. The molecule has 0 bridgehead atoms. The Balaban J connectivity index is 1.58. The molecule has 0 radical (unpaired) electrons. The van der Waals surface area contributed by atoms with Gasteiger partial charge < -0.3 is 9.52 Å². The van der Waals surface area contributed by atoms with Gasteiger partial charge in [-0.2, -0.15) is 0 Å². The number of rotatable bonds is 6. The van der Waals surface area contributed by atoms with E-state index in [2.05, 4.69) is 4.72 Å². The third-order valence-corrected chi connectivity index (χ3v) is 8.13. The normalized spacial score (nSPS) is 17.2. The van der Waals surface area contributed by atoms with Crippen LogP contribution in [-0.2, 0) is 16.4 Å². The molecular formula is C27H27NO6S. The van der Waals surface area contributed by atoms with E-state index in [1.165, 1.54) is 12.1 Å². The number of anilines is 1. The van der Waals surface area contributed by atoms with Gasteiger partial charge in [0.05, 0.1) is 16.0 Å². The van der Waals surface area contributed by atoms with Gasteiger partial charge in [0.1, 0.15) is 11.5 Å². The van der Waals surface area contributed by atoms with Crippen LogP contribution in [0.1, 0.15) is 71.7 Å². The minimum absolute atomic E-state index is 0.0468. The molecule has 5 rings (SSSR count). The van der Waals surface area contributed by atoms with Crippen molar-refractivity contribution < 1.29 is 22.7 Å². The Kier molecular flexibility index (Phi) is 6.23. The minimum Gasteiger partial charge on any atom is -0.506 e. The van der Waals surface area contributed by atoms with E-state index >= 15 is 0 Å². The smallest absolute Gasteiger partial charge is 0.343 e. The zero-order valence-corrected chi connectivity index (χ0v) is 20.0. The minimum atomic E-state index is -3.88. The maximum absolute atomic E-state index is 13.1. The number of sulfonamides is 1. The summed E-state index contributed by atoms with van der Waals surface area (Å²) < 4.78 is 34.3. The predicted octanol–water partition coefficient (Wildman–Crippen LogP) is 4.99. The summed E-state index contributed by atoms with van der Waals surface area (Å²) in [4.78, 5) is 26.0. The second kappa shape index (κ2) is 9.34. The standard InChI is InChI=1S/C27H27NO6S/c29-21-12-5-2-6-13-22-24(21)26(30)25(27(31)34-22)23(17-14-15-17)18-8-7-11-20(16-18)35(32,33)28-19-9-3-1-4-10-19/h1,3-4,7-11,16-17,23,28,30H,2,5-6,12-15H2. The molecule has 1 fully saturated rings. The number of para-hydroxylation sites is 1. The van der Waals surface area contributed by atoms with Crippen LogP contribution in [-0.4, -0.2) is 19.3 Å². The molecule has 1 aromatic heterocycles. The number of nitrogens with one attached hydrogen (secondary N) is 1. The molecule has 7 nitrogen and oxygen atoms in total. The topological polar surface area (TPSA) is 114 Å². The SMILES string of the molecule is O=C1CCCCCc2oc(=O)c(C(c3cccc(S(=O)(=O)Nc4ccccc4)c3)C3CC3)c(O)c21. The van der Waals surface area contributed by atoms with E-state index in [4.69, 9.17) is 4.42 Å². The van der Waals surface area contributed by atoms with Crippen LogP contribution in [0.3, 0.4) is 0 Å². The predicted molar refractivity (Wildman–Crippen MR) is 131 cm³/mol. The molecule has 1 heterocycles. The zero-order chi connectivity index (χ0) is 24.6.